The summed E-state index contributed by atoms with van der Waals surface area (Å²) in [7, 11) is 0.904. The lowest BCUT2D eigenvalue weighted by molar-refractivity contribution is -0.132. The number of hydrogen-bond donors (Lipinski definition) is 0. The number of imidazole rings is 1. The maximum absolute atomic E-state index is 13.1. The van der Waals surface area contributed by atoms with E-state index in [1.54, 1.807) is 27.1 Å². The maximum atomic E-state index is 13.1. The average molecular weight is 489 g/mol. The molecule has 1 aliphatic heterocycles. The highest BCUT2D eigenvalue weighted by atomic mass is 32.2. The van der Waals surface area contributed by atoms with Crippen molar-refractivity contribution in [3.63, 3.8) is 0 Å². The second kappa shape index (κ2) is 9.51. The van der Waals surface area contributed by atoms with Crippen LogP contribution >= 0.6 is 0 Å². The number of piperazine rings is 1. The molecule has 3 aromatic rings. The molecule has 0 saturated carbocycles. The Morgan fingerprint density at radius 2 is 1.59 bits per heavy atom. The number of amides is 1. The van der Waals surface area contributed by atoms with Gasteiger partial charge < -0.3 is 14.4 Å². The molecule has 0 radical (unpaired) electrons. The molecule has 1 aliphatic rings. The number of carbonyl (C=O) groups excluding carboxylic acids is 1. The van der Waals surface area contributed by atoms with Crippen LogP contribution in [0.1, 0.15) is 6.42 Å². The van der Waals surface area contributed by atoms with Crippen LogP contribution in [0.5, 0.6) is 11.5 Å². The lowest BCUT2D eigenvalue weighted by Crippen LogP contribution is -2.50. The summed E-state index contributed by atoms with van der Waals surface area (Å²) in [5.41, 5.74) is 1.43. The molecular weight excluding hydrogens is 460 g/mol. The molecule has 0 bridgehead atoms. The van der Waals surface area contributed by atoms with Crippen LogP contribution in [0.3, 0.4) is 0 Å². The molecule has 0 atom stereocenters. The van der Waals surface area contributed by atoms with Gasteiger partial charge in [0, 0.05) is 52.3 Å². The molecule has 1 fully saturated rings. The quantitative estimate of drug-likeness (QED) is 0.496. The van der Waals surface area contributed by atoms with Crippen molar-refractivity contribution >= 4 is 27.0 Å². The molecule has 1 aromatic heterocycles. The number of hydrogen-bond acceptors (Lipinski definition) is 6. The lowest BCUT2D eigenvalue weighted by atomic mass is 10.3. The van der Waals surface area contributed by atoms with Gasteiger partial charge in [-0.1, -0.05) is 12.1 Å². The molecule has 34 heavy (non-hydrogen) atoms. The number of methoxy groups -OCH3 is 2. The molecule has 182 valence electrons. The van der Waals surface area contributed by atoms with Crippen LogP contribution in [0, 0.1) is 0 Å². The molecule has 0 unspecified atom stereocenters. The number of sulfonamides is 1. The highest BCUT2D eigenvalue weighted by Crippen LogP contribution is 2.31. The second-order valence-electron chi connectivity index (χ2n) is 8.03. The number of fused-ring (bicyclic) bond motifs is 1. The van der Waals surface area contributed by atoms with E-state index >= 15 is 0 Å². The predicted octanol–water partition coefficient (Wildman–Crippen LogP) is 1.28. The van der Waals surface area contributed by atoms with E-state index in [4.69, 9.17) is 9.47 Å². The third-order valence-corrected chi connectivity index (χ3v) is 8.08. The molecule has 2 aromatic carbocycles. The first-order chi connectivity index (χ1) is 16.3. The van der Waals surface area contributed by atoms with Crippen molar-refractivity contribution in [2.75, 3.05) is 40.4 Å². The van der Waals surface area contributed by atoms with Gasteiger partial charge in [-0.25, -0.2) is 13.2 Å². The average Bonchev–Trinajstić information content (AvgIpc) is 3.11. The number of aryl methyl sites for hydroxylation is 2. The Morgan fingerprint density at radius 1 is 0.941 bits per heavy atom. The van der Waals surface area contributed by atoms with Crippen LogP contribution in [0.4, 0.5) is 0 Å². The number of para-hydroxylation sites is 2. The maximum Gasteiger partial charge on any atom is 0.328 e. The summed E-state index contributed by atoms with van der Waals surface area (Å²) in [6.07, 6.45) is 0.163. The SMILES string of the molecule is COc1ccc(S(=O)(=O)N2CCN(C(=O)CCn3c(=O)n(C)c4ccccc43)CC2)cc1OC. The van der Waals surface area contributed by atoms with Crippen LogP contribution < -0.4 is 15.2 Å². The van der Waals surface area contributed by atoms with Gasteiger partial charge in [0.05, 0.1) is 30.1 Å². The molecule has 1 amide bonds. The van der Waals surface area contributed by atoms with Crippen LogP contribution in [-0.2, 0) is 28.4 Å². The lowest BCUT2D eigenvalue weighted by Gasteiger charge is -2.34. The van der Waals surface area contributed by atoms with E-state index in [-0.39, 0.29) is 55.6 Å². The van der Waals surface area contributed by atoms with Crippen molar-refractivity contribution in [3.05, 3.63) is 52.9 Å². The van der Waals surface area contributed by atoms with Gasteiger partial charge >= 0.3 is 5.69 Å². The van der Waals surface area contributed by atoms with Crippen LogP contribution in [-0.4, -0.2) is 73.1 Å². The first kappa shape index (κ1) is 23.8. The van der Waals surface area contributed by atoms with Crippen molar-refractivity contribution in [2.24, 2.45) is 7.05 Å². The first-order valence-electron chi connectivity index (χ1n) is 10.9. The fourth-order valence-electron chi connectivity index (χ4n) is 4.25. The second-order valence-corrected chi connectivity index (χ2v) is 9.97. The molecule has 1 saturated heterocycles. The molecule has 0 spiro atoms. The van der Waals surface area contributed by atoms with E-state index in [1.807, 2.05) is 24.3 Å². The number of aromatic nitrogens is 2. The Bertz CT molecular complexity index is 1370. The topological polar surface area (TPSA) is 103 Å². The fourth-order valence-corrected chi connectivity index (χ4v) is 5.69. The van der Waals surface area contributed by atoms with Gasteiger partial charge in [-0.3, -0.25) is 13.9 Å². The van der Waals surface area contributed by atoms with Crippen molar-refractivity contribution in [1.29, 1.82) is 0 Å². The van der Waals surface area contributed by atoms with Gasteiger partial charge in [-0.2, -0.15) is 4.31 Å². The van der Waals surface area contributed by atoms with Gasteiger partial charge in [0.25, 0.3) is 0 Å². The van der Waals surface area contributed by atoms with E-state index in [1.165, 1.54) is 30.7 Å². The van der Waals surface area contributed by atoms with Gasteiger partial charge in [0.1, 0.15) is 0 Å². The molecule has 10 nitrogen and oxygen atoms in total. The van der Waals surface area contributed by atoms with Crippen LogP contribution in [0.2, 0.25) is 0 Å². The molecule has 11 heteroatoms. The fraction of sp³-hybridized carbons (Fsp3) is 0.391. The van der Waals surface area contributed by atoms with Crippen molar-refractivity contribution in [2.45, 2.75) is 17.9 Å². The minimum Gasteiger partial charge on any atom is -0.493 e. The summed E-state index contributed by atoms with van der Waals surface area (Å²) < 4.78 is 41.1. The number of nitrogens with zero attached hydrogens (tertiary/aromatic N) is 4. The highest BCUT2D eigenvalue weighted by Gasteiger charge is 2.30. The number of ether oxygens (including phenoxy) is 2. The summed E-state index contributed by atoms with van der Waals surface area (Å²) >= 11 is 0. The number of benzene rings is 2. The molecule has 2 heterocycles. The zero-order chi connectivity index (χ0) is 24.5. The third-order valence-electron chi connectivity index (χ3n) is 6.19. The normalized spacial score (nSPS) is 15.0. The minimum atomic E-state index is -3.74. The molecule has 4 rings (SSSR count). The third kappa shape index (κ3) is 4.28. The van der Waals surface area contributed by atoms with E-state index in [0.29, 0.717) is 11.5 Å². The largest absolute Gasteiger partial charge is 0.493 e. The summed E-state index contributed by atoms with van der Waals surface area (Å²) in [6, 6.07) is 11.9. The van der Waals surface area contributed by atoms with E-state index in [9.17, 15) is 18.0 Å². The summed E-state index contributed by atoms with van der Waals surface area (Å²) in [6.45, 7) is 1.22. The zero-order valence-electron chi connectivity index (χ0n) is 19.4. The predicted molar refractivity (Wildman–Crippen MR) is 127 cm³/mol. The number of carbonyl (C=O) groups is 1. The van der Waals surface area contributed by atoms with Crippen molar-refractivity contribution < 1.29 is 22.7 Å². The summed E-state index contributed by atoms with van der Waals surface area (Å²) in [4.78, 5) is 27.1. The van der Waals surface area contributed by atoms with E-state index < -0.39 is 10.0 Å². The monoisotopic (exact) mass is 488 g/mol. The Hall–Kier alpha value is -3.31. The van der Waals surface area contributed by atoms with Gasteiger partial charge in [-0.15, -0.1) is 0 Å². The van der Waals surface area contributed by atoms with Crippen molar-refractivity contribution in [3.8, 4) is 11.5 Å². The van der Waals surface area contributed by atoms with Crippen molar-refractivity contribution in [1.82, 2.24) is 18.3 Å². The standard InChI is InChI=1S/C23H28N4O6S/c1-24-18-6-4-5-7-19(18)27(23(24)29)11-10-22(28)25-12-14-26(15-13-25)34(30,31)17-8-9-20(32-2)21(16-17)33-3/h4-9,16H,10-15H2,1-3H3. The van der Waals surface area contributed by atoms with Crippen LogP contribution in [0.25, 0.3) is 11.0 Å². The van der Waals surface area contributed by atoms with Gasteiger partial charge in [0.15, 0.2) is 11.5 Å². The Kier molecular flexibility index (Phi) is 6.67. The van der Waals surface area contributed by atoms with Gasteiger partial charge in [0.2, 0.25) is 15.9 Å². The highest BCUT2D eigenvalue weighted by molar-refractivity contribution is 7.89. The summed E-state index contributed by atoms with van der Waals surface area (Å²) in [5.74, 6) is 0.672. The molecule has 0 N–H and O–H groups in total. The smallest absolute Gasteiger partial charge is 0.328 e. The zero-order valence-corrected chi connectivity index (χ0v) is 20.2. The molecular formula is C23H28N4O6S. The Labute approximate surface area is 197 Å². The number of rotatable bonds is 7. The first-order valence-corrected chi connectivity index (χ1v) is 12.4. The molecule has 0 aliphatic carbocycles. The minimum absolute atomic E-state index is 0.108. The summed E-state index contributed by atoms with van der Waals surface area (Å²) in [5, 5.41) is 0. The van der Waals surface area contributed by atoms with E-state index in [2.05, 4.69) is 0 Å². The Balaban J connectivity index is 1.40. The van der Waals surface area contributed by atoms with E-state index in [0.717, 1.165) is 11.0 Å². The van der Waals surface area contributed by atoms with Crippen LogP contribution in [0.15, 0.2) is 52.2 Å². The Morgan fingerprint density at radius 3 is 2.24 bits per heavy atom. The van der Waals surface area contributed by atoms with Gasteiger partial charge in [-0.05, 0) is 24.3 Å².